The van der Waals surface area contributed by atoms with Crippen molar-refractivity contribution in [1.29, 1.82) is 0 Å². The second-order valence-corrected chi connectivity index (χ2v) is 8.38. The molecule has 0 heterocycles. The summed E-state index contributed by atoms with van der Waals surface area (Å²) in [5.74, 6) is 1.66. The zero-order valence-electron chi connectivity index (χ0n) is 18.1. The fourth-order valence-corrected chi connectivity index (χ4v) is 3.58. The molecule has 0 atom stereocenters. The summed E-state index contributed by atoms with van der Waals surface area (Å²) in [6.45, 7) is 5.64. The molecule has 4 aromatic rings. The van der Waals surface area contributed by atoms with E-state index >= 15 is 0 Å². The molecule has 4 rings (SSSR count). The lowest BCUT2D eigenvalue weighted by atomic mass is 9.85. The van der Waals surface area contributed by atoms with E-state index in [1.54, 1.807) is 0 Å². The third-order valence-electron chi connectivity index (χ3n) is 5.38. The molecule has 0 aromatic heterocycles. The van der Waals surface area contributed by atoms with E-state index in [0.29, 0.717) is 13.2 Å². The lowest BCUT2D eigenvalue weighted by molar-refractivity contribution is 0.0824. The first-order chi connectivity index (χ1) is 15.1. The van der Waals surface area contributed by atoms with Crippen LogP contribution in [0.5, 0.6) is 11.5 Å². The summed E-state index contributed by atoms with van der Waals surface area (Å²) in [5, 5.41) is 0. The van der Waals surface area contributed by atoms with Crippen LogP contribution < -0.4 is 4.74 Å². The number of hydrogen-bond donors (Lipinski definition) is 0. The summed E-state index contributed by atoms with van der Waals surface area (Å²) >= 11 is 0. The van der Waals surface area contributed by atoms with Gasteiger partial charge in [-0.1, -0.05) is 98.8 Å². The topological polar surface area (TPSA) is 18.5 Å². The molecule has 0 amide bonds. The van der Waals surface area contributed by atoms with Gasteiger partial charge >= 0.3 is 0 Å². The molecular weight excluding hydrogens is 380 g/mol. The quantitative estimate of drug-likeness (QED) is 0.298. The fourth-order valence-electron chi connectivity index (χ4n) is 3.58. The molecular formula is C29H28O2. The van der Waals surface area contributed by atoms with Crippen LogP contribution in [0.3, 0.4) is 0 Å². The summed E-state index contributed by atoms with van der Waals surface area (Å²) in [7, 11) is 0. The molecule has 31 heavy (non-hydrogen) atoms. The van der Waals surface area contributed by atoms with Crippen LogP contribution >= 0.6 is 0 Å². The van der Waals surface area contributed by atoms with Crippen molar-refractivity contribution in [2.75, 3.05) is 6.61 Å². The molecule has 0 bridgehead atoms. The maximum atomic E-state index is 6.10. The van der Waals surface area contributed by atoms with Crippen molar-refractivity contribution in [3.8, 4) is 22.6 Å². The van der Waals surface area contributed by atoms with Gasteiger partial charge in [0.15, 0.2) is 0 Å². The number of ether oxygens (including phenoxy) is 2. The largest absolute Gasteiger partial charge is 0.457 e. The van der Waals surface area contributed by atoms with Gasteiger partial charge in [0.25, 0.3) is 0 Å². The van der Waals surface area contributed by atoms with Crippen LogP contribution in [0.4, 0.5) is 0 Å². The van der Waals surface area contributed by atoms with Gasteiger partial charge in [0, 0.05) is 5.41 Å². The average molecular weight is 409 g/mol. The van der Waals surface area contributed by atoms with Crippen LogP contribution in [0.2, 0.25) is 0 Å². The van der Waals surface area contributed by atoms with E-state index in [1.807, 2.05) is 54.6 Å². The van der Waals surface area contributed by atoms with E-state index in [1.165, 1.54) is 16.7 Å². The van der Waals surface area contributed by atoms with Crippen molar-refractivity contribution in [3.63, 3.8) is 0 Å². The molecule has 2 nitrogen and oxygen atoms in total. The van der Waals surface area contributed by atoms with Crippen molar-refractivity contribution in [2.45, 2.75) is 25.9 Å². The summed E-state index contributed by atoms with van der Waals surface area (Å²) in [6.07, 6.45) is 0. The van der Waals surface area contributed by atoms with E-state index in [4.69, 9.17) is 9.47 Å². The molecule has 0 radical (unpaired) electrons. The molecule has 2 heteroatoms. The first kappa shape index (κ1) is 20.9. The summed E-state index contributed by atoms with van der Waals surface area (Å²) in [4.78, 5) is 0. The maximum Gasteiger partial charge on any atom is 0.127 e. The molecule has 0 aliphatic heterocycles. The Morgan fingerprint density at radius 1 is 0.613 bits per heavy atom. The van der Waals surface area contributed by atoms with Crippen LogP contribution in [0.1, 0.15) is 25.0 Å². The fraction of sp³-hybridized carbons (Fsp3) is 0.172. The Morgan fingerprint density at radius 3 is 1.94 bits per heavy atom. The van der Waals surface area contributed by atoms with Gasteiger partial charge in [0.05, 0.1) is 13.2 Å². The minimum atomic E-state index is -0.0760. The smallest absolute Gasteiger partial charge is 0.127 e. The van der Waals surface area contributed by atoms with Crippen LogP contribution in [0, 0.1) is 0 Å². The van der Waals surface area contributed by atoms with E-state index in [-0.39, 0.29) is 5.41 Å². The highest BCUT2D eigenvalue weighted by Crippen LogP contribution is 2.28. The molecule has 0 saturated heterocycles. The van der Waals surface area contributed by atoms with Crippen LogP contribution in [-0.2, 0) is 16.8 Å². The van der Waals surface area contributed by atoms with E-state index < -0.39 is 0 Å². The number of hydrogen-bond acceptors (Lipinski definition) is 2. The lowest BCUT2D eigenvalue weighted by Gasteiger charge is -2.25. The Hall–Kier alpha value is -3.36. The highest BCUT2D eigenvalue weighted by molar-refractivity contribution is 5.63. The third kappa shape index (κ3) is 5.62. The van der Waals surface area contributed by atoms with Crippen molar-refractivity contribution in [2.24, 2.45) is 0 Å². The number of para-hydroxylation sites is 1. The Balaban J connectivity index is 1.35. The number of rotatable bonds is 8. The minimum absolute atomic E-state index is 0.0760. The van der Waals surface area contributed by atoms with Gasteiger partial charge < -0.3 is 9.47 Å². The van der Waals surface area contributed by atoms with Gasteiger partial charge in [0.2, 0.25) is 0 Å². The van der Waals surface area contributed by atoms with Gasteiger partial charge in [-0.15, -0.1) is 0 Å². The SMILES string of the molecule is CC(C)(COCc1cccc(Oc2ccccc2)c1)c1ccc(-c2ccccc2)cc1. The standard InChI is InChI=1S/C29H28O2/c1-29(2,26-18-16-25(17-19-26)24-11-5-3-6-12-24)22-30-21-23-10-9-15-28(20-23)31-27-13-7-4-8-14-27/h3-20H,21-22H2,1-2H3. The van der Waals surface area contributed by atoms with Gasteiger partial charge in [-0.2, -0.15) is 0 Å². The molecule has 4 aromatic carbocycles. The first-order valence-electron chi connectivity index (χ1n) is 10.7. The van der Waals surface area contributed by atoms with Gasteiger partial charge in [0.1, 0.15) is 11.5 Å². The van der Waals surface area contributed by atoms with E-state index in [2.05, 4.69) is 68.4 Å². The van der Waals surface area contributed by atoms with Crippen LogP contribution in [-0.4, -0.2) is 6.61 Å². The van der Waals surface area contributed by atoms with Crippen LogP contribution in [0.25, 0.3) is 11.1 Å². The summed E-state index contributed by atoms with van der Waals surface area (Å²) in [6, 6.07) is 37.2. The van der Waals surface area contributed by atoms with E-state index in [0.717, 1.165) is 17.1 Å². The normalized spacial score (nSPS) is 11.3. The molecule has 0 aliphatic carbocycles. The Bertz CT molecular complexity index is 1080. The zero-order valence-corrected chi connectivity index (χ0v) is 18.1. The second-order valence-electron chi connectivity index (χ2n) is 8.38. The Labute approximate surface area is 185 Å². The monoisotopic (exact) mass is 408 g/mol. The van der Waals surface area contributed by atoms with E-state index in [9.17, 15) is 0 Å². The molecule has 0 saturated carbocycles. The summed E-state index contributed by atoms with van der Waals surface area (Å²) < 4.78 is 12.0. The van der Waals surface area contributed by atoms with Gasteiger partial charge in [-0.05, 0) is 46.5 Å². The average Bonchev–Trinajstić information content (AvgIpc) is 2.81. The highest BCUT2D eigenvalue weighted by atomic mass is 16.5. The van der Waals surface area contributed by atoms with Crippen LogP contribution in [0.15, 0.2) is 109 Å². The van der Waals surface area contributed by atoms with Crippen molar-refractivity contribution in [3.05, 3.63) is 120 Å². The Morgan fingerprint density at radius 2 is 1.23 bits per heavy atom. The molecule has 156 valence electrons. The lowest BCUT2D eigenvalue weighted by Crippen LogP contribution is -2.24. The van der Waals surface area contributed by atoms with Gasteiger partial charge in [-0.3, -0.25) is 0 Å². The minimum Gasteiger partial charge on any atom is -0.457 e. The molecule has 0 fully saturated rings. The second kappa shape index (κ2) is 9.63. The predicted octanol–water partition coefficient (Wildman–Crippen LogP) is 7.64. The van der Waals surface area contributed by atoms with Crippen molar-refractivity contribution >= 4 is 0 Å². The molecule has 0 aliphatic rings. The highest BCUT2D eigenvalue weighted by Gasteiger charge is 2.21. The predicted molar refractivity (Wildman–Crippen MR) is 128 cm³/mol. The van der Waals surface area contributed by atoms with Crippen molar-refractivity contribution in [1.82, 2.24) is 0 Å². The number of benzene rings is 4. The zero-order chi connectivity index (χ0) is 21.5. The van der Waals surface area contributed by atoms with Crippen molar-refractivity contribution < 1.29 is 9.47 Å². The van der Waals surface area contributed by atoms with Gasteiger partial charge in [-0.25, -0.2) is 0 Å². The first-order valence-corrected chi connectivity index (χ1v) is 10.7. The summed E-state index contributed by atoms with van der Waals surface area (Å²) in [5.41, 5.74) is 4.77. The molecule has 0 unspecified atom stereocenters. The molecule has 0 spiro atoms. The molecule has 0 N–H and O–H groups in total. The third-order valence-corrected chi connectivity index (χ3v) is 5.38. The Kier molecular flexibility index (Phi) is 6.49. The maximum absolute atomic E-state index is 6.10.